The lowest BCUT2D eigenvalue weighted by atomic mass is 9.92. The number of rotatable bonds is 3. The zero-order chi connectivity index (χ0) is 16.6. The highest BCUT2D eigenvalue weighted by molar-refractivity contribution is 5.83. The van der Waals surface area contributed by atoms with Gasteiger partial charge in [-0.05, 0) is 38.1 Å². The molecule has 1 aromatic rings. The maximum atomic E-state index is 12.7. The van der Waals surface area contributed by atoms with Crippen molar-refractivity contribution < 1.29 is 18.7 Å². The minimum atomic E-state index is -0.409. The smallest absolute Gasteiger partial charge is 0.410 e. The average Bonchev–Trinajstić information content (AvgIpc) is 3.29. The monoisotopic (exact) mass is 333 g/mol. The molecule has 7 heteroatoms. The summed E-state index contributed by atoms with van der Waals surface area (Å²) in [7, 11) is 0. The third-order valence-corrected chi connectivity index (χ3v) is 5.33. The van der Waals surface area contributed by atoms with Gasteiger partial charge in [0.15, 0.2) is 0 Å². The average molecular weight is 333 g/mol. The largest absolute Gasteiger partial charge is 0.467 e. The molecule has 1 unspecified atom stereocenters. The van der Waals surface area contributed by atoms with E-state index in [1.165, 1.54) is 0 Å². The molecule has 130 valence electrons. The molecular formula is C17H23N3O4. The van der Waals surface area contributed by atoms with E-state index in [-0.39, 0.29) is 24.6 Å². The molecule has 3 fully saturated rings. The van der Waals surface area contributed by atoms with Crippen LogP contribution in [0.4, 0.5) is 4.79 Å². The van der Waals surface area contributed by atoms with Gasteiger partial charge in [0.2, 0.25) is 5.91 Å². The number of ether oxygens (including phenoxy) is 1. The first-order chi connectivity index (χ1) is 11.7. The first kappa shape index (κ1) is 15.5. The summed E-state index contributed by atoms with van der Waals surface area (Å²) >= 11 is 0. The van der Waals surface area contributed by atoms with E-state index < -0.39 is 5.60 Å². The van der Waals surface area contributed by atoms with E-state index in [9.17, 15) is 9.59 Å². The summed E-state index contributed by atoms with van der Waals surface area (Å²) in [6.45, 7) is 3.01. The van der Waals surface area contributed by atoms with Crippen molar-refractivity contribution in [1.29, 1.82) is 0 Å². The zero-order valence-electron chi connectivity index (χ0n) is 13.7. The minimum Gasteiger partial charge on any atom is -0.467 e. The second-order valence-corrected chi connectivity index (χ2v) is 6.92. The number of carbonyl (C=O) groups excluding carboxylic acids is 2. The van der Waals surface area contributed by atoms with Crippen LogP contribution in [0, 0.1) is 0 Å². The summed E-state index contributed by atoms with van der Waals surface area (Å²) < 4.78 is 11.1. The number of carbonyl (C=O) groups is 2. The van der Waals surface area contributed by atoms with Crippen molar-refractivity contribution >= 4 is 12.0 Å². The highest BCUT2D eigenvalue weighted by Crippen LogP contribution is 2.34. The molecule has 3 aliphatic heterocycles. The number of amides is 2. The van der Waals surface area contributed by atoms with Gasteiger partial charge in [-0.3, -0.25) is 9.69 Å². The topological polar surface area (TPSA) is 75.0 Å². The Bertz CT molecular complexity index is 609. The number of nitrogens with one attached hydrogen (secondary N) is 1. The summed E-state index contributed by atoms with van der Waals surface area (Å²) in [5, 5.41) is 3.28. The Kier molecular flexibility index (Phi) is 3.96. The Hall–Kier alpha value is -2.02. The third-order valence-electron chi connectivity index (χ3n) is 5.33. The Labute approximate surface area is 140 Å². The number of likely N-dealkylation sites (tertiary alicyclic amines) is 1. The molecule has 1 spiro atoms. The van der Waals surface area contributed by atoms with Gasteiger partial charge in [-0.2, -0.15) is 0 Å². The fraction of sp³-hybridized carbons (Fsp3) is 0.647. The van der Waals surface area contributed by atoms with E-state index in [0.717, 1.165) is 44.5 Å². The maximum Gasteiger partial charge on any atom is 0.410 e. The van der Waals surface area contributed by atoms with Crippen molar-refractivity contribution in [2.24, 2.45) is 0 Å². The van der Waals surface area contributed by atoms with Gasteiger partial charge in [-0.25, -0.2) is 4.79 Å². The van der Waals surface area contributed by atoms with Crippen LogP contribution in [0.5, 0.6) is 0 Å². The lowest BCUT2D eigenvalue weighted by molar-refractivity contribution is -0.133. The predicted molar refractivity (Wildman–Crippen MR) is 85.3 cm³/mol. The zero-order valence-corrected chi connectivity index (χ0v) is 13.7. The highest BCUT2D eigenvalue weighted by Gasteiger charge is 2.46. The molecule has 0 bridgehead atoms. The molecule has 4 rings (SSSR count). The highest BCUT2D eigenvalue weighted by atomic mass is 16.6. The van der Waals surface area contributed by atoms with E-state index in [1.807, 2.05) is 17.0 Å². The Morgan fingerprint density at radius 2 is 2.21 bits per heavy atom. The molecule has 7 nitrogen and oxygen atoms in total. The van der Waals surface area contributed by atoms with Crippen LogP contribution in [0.25, 0.3) is 0 Å². The number of furan rings is 1. The molecule has 2 amide bonds. The lowest BCUT2D eigenvalue weighted by Gasteiger charge is -2.31. The van der Waals surface area contributed by atoms with Crippen molar-refractivity contribution in [2.45, 2.75) is 37.3 Å². The van der Waals surface area contributed by atoms with E-state index in [2.05, 4.69) is 5.32 Å². The summed E-state index contributed by atoms with van der Waals surface area (Å²) in [4.78, 5) is 28.3. The molecular weight excluding hydrogens is 310 g/mol. The van der Waals surface area contributed by atoms with Gasteiger partial charge >= 0.3 is 6.09 Å². The van der Waals surface area contributed by atoms with Gasteiger partial charge in [0.25, 0.3) is 0 Å². The van der Waals surface area contributed by atoms with Crippen molar-refractivity contribution in [2.75, 3.05) is 32.7 Å². The molecule has 0 saturated carbocycles. The predicted octanol–water partition coefficient (Wildman–Crippen LogP) is 1.52. The van der Waals surface area contributed by atoms with Crippen LogP contribution in [0.2, 0.25) is 0 Å². The second-order valence-electron chi connectivity index (χ2n) is 6.92. The van der Waals surface area contributed by atoms with E-state index in [0.29, 0.717) is 13.1 Å². The molecule has 3 saturated heterocycles. The van der Waals surface area contributed by atoms with Crippen molar-refractivity contribution in [3.63, 3.8) is 0 Å². The number of piperidine rings is 1. The van der Waals surface area contributed by atoms with E-state index in [4.69, 9.17) is 9.15 Å². The van der Waals surface area contributed by atoms with E-state index in [1.54, 1.807) is 11.2 Å². The van der Waals surface area contributed by atoms with Crippen LogP contribution in [0.1, 0.15) is 37.5 Å². The minimum absolute atomic E-state index is 0.0148. The van der Waals surface area contributed by atoms with Gasteiger partial charge < -0.3 is 19.4 Å². The van der Waals surface area contributed by atoms with Crippen molar-refractivity contribution in [3.05, 3.63) is 24.2 Å². The molecule has 1 aromatic heterocycles. The number of hydrogen-bond acceptors (Lipinski definition) is 5. The molecule has 0 radical (unpaired) electrons. The van der Waals surface area contributed by atoms with Crippen molar-refractivity contribution in [3.8, 4) is 0 Å². The summed E-state index contributed by atoms with van der Waals surface area (Å²) in [5.74, 6) is 0.788. The first-order valence-corrected chi connectivity index (χ1v) is 8.68. The molecule has 3 aliphatic rings. The molecule has 0 aliphatic carbocycles. The van der Waals surface area contributed by atoms with Crippen LogP contribution >= 0.6 is 0 Å². The van der Waals surface area contributed by atoms with Crippen LogP contribution in [-0.2, 0) is 9.53 Å². The normalized spacial score (nSPS) is 26.2. The summed E-state index contributed by atoms with van der Waals surface area (Å²) in [6.07, 6.45) is 4.74. The molecule has 1 N–H and O–H groups in total. The Morgan fingerprint density at radius 3 is 2.96 bits per heavy atom. The third kappa shape index (κ3) is 2.77. The first-order valence-electron chi connectivity index (χ1n) is 8.68. The van der Waals surface area contributed by atoms with Crippen LogP contribution in [0.15, 0.2) is 22.8 Å². The summed E-state index contributed by atoms with van der Waals surface area (Å²) in [5.41, 5.74) is -0.409. The van der Waals surface area contributed by atoms with Crippen LogP contribution in [0.3, 0.4) is 0 Å². The fourth-order valence-corrected chi connectivity index (χ4v) is 4.05. The van der Waals surface area contributed by atoms with Gasteiger partial charge in [0, 0.05) is 19.4 Å². The van der Waals surface area contributed by atoms with Gasteiger partial charge in [0.05, 0.1) is 18.8 Å². The number of hydrogen-bond donors (Lipinski definition) is 1. The maximum absolute atomic E-state index is 12.7. The van der Waals surface area contributed by atoms with Crippen LogP contribution < -0.4 is 5.32 Å². The lowest BCUT2D eigenvalue weighted by Crippen LogP contribution is -2.46. The number of nitrogens with zero attached hydrogens (tertiary/aromatic N) is 2. The van der Waals surface area contributed by atoms with Crippen molar-refractivity contribution in [1.82, 2.24) is 15.1 Å². The van der Waals surface area contributed by atoms with Gasteiger partial charge in [-0.1, -0.05) is 0 Å². The van der Waals surface area contributed by atoms with Gasteiger partial charge in [0.1, 0.15) is 17.9 Å². The second kappa shape index (κ2) is 6.12. The molecule has 0 aromatic carbocycles. The standard InChI is InChI=1S/C17H23N3O4/c21-15(20-9-1-3-13(20)14-4-2-10-23-14)11-19-12-17(24-16(19)22)5-7-18-8-6-17/h2,4,10,13,18H,1,3,5-9,11-12H2. The fourth-order valence-electron chi connectivity index (χ4n) is 4.05. The molecule has 24 heavy (non-hydrogen) atoms. The quantitative estimate of drug-likeness (QED) is 0.908. The SMILES string of the molecule is O=C1OC2(CCNCC2)CN1CC(=O)N1CCCC1c1ccco1. The summed E-state index contributed by atoms with van der Waals surface area (Å²) in [6, 6.07) is 3.73. The molecule has 1 atom stereocenters. The Balaban J connectivity index is 1.41. The van der Waals surface area contributed by atoms with Crippen LogP contribution in [-0.4, -0.2) is 60.1 Å². The Morgan fingerprint density at radius 1 is 1.38 bits per heavy atom. The molecule has 4 heterocycles. The van der Waals surface area contributed by atoms with E-state index >= 15 is 0 Å². The van der Waals surface area contributed by atoms with Gasteiger partial charge in [-0.15, -0.1) is 0 Å².